The molecule has 0 aliphatic heterocycles. The average molecular weight is 367 g/mol. The zero-order valence-corrected chi connectivity index (χ0v) is 16.4. The minimum atomic E-state index is -0.0479. The van der Waals surface area contributed by atoms with Gasteiger partial charge in [-0.3, -0.25) is 4.79 Å². The first-order valence-electron chi connectivity index (χ1n) is 9.07. The van der Waals surface area contributed by atoms with E-state index in [0.29, 0.717) is 13.1 Å². The summed E-state index contributed by atoms with van der Waals surface area (Å²) in [6.45, 7) is 11.4. The number of hydrogen-bond acceptors (Lipinski definition) is 5. The highest BCUT2D eigenvalue weighted by Crippen LogP contribution is 2.28. The molecule has 1 aliphatic rings. The molecule has 144 valence electrons. The van der Waals surface area contributed by atoms with E-state index in [9.17, 15) is 4.79 Å². The molecular formula is C21H29N5O. The first-order chi connectivity index (χ1) is 12.8. The highest BCUT2D eigenvalue weighted by molar-refractivity contribution is 6.13. The molecule has 6 nitrogen and oxygen atoms in total. The molecule has 0 atom stereocenters. The van der Waals surface area contributed by atoms with Crippen molar-refractivity contribution < 1.29 is 4.79 Å². The van der Waals surface area contributed by atoms with Crippen molar-refractivity contribution in [3.05, 3.63) is 58.8 Å². The van der Waals surface area contributed by atoms with E-state index < -0.39 is 0 Å². The molecule has 0 saturated carbocycles. The van der Waals surface area contributed by atoms with Crippen LogP contribution in [0.4, 0.5) is 11.4 Å². The molecule has 2 rings (SSSR count). The van der Waals surface area contributed by atoms with Gasteiger partial charge in [-0.25, -0.2) is 4.99 Å². The molecule has 1 aromatic rings. The summed E-state index contributed by atoms with van der Waals surface area (Å²) >= 11 is 0. The Morgan fingerprint density at radius 3 is 2.63 bits per heavy atom. The van der Waals surface area contributed by atoms with Gasteiger partial charge in [0.15, 0.2) is 0 Å². The summed E-state index contributed by atoms with van der Waals surface area (Å²) in [5.41, 5.74) is 18.5. The third-order valence-electron chi connectivity index (χ3n) is 4.39. The van der Waals surface area contributed by atoms with E-state index in [1.54, 1.807) is 0 Å². The summed E-state index contributed by atoms with van der Waals surface area (Å²) in [5, 5.41) is 6.02. The number of carbonyl (C=O) groups is 1. The van der Waals surface area contributed by atoms with Crippen LogP contribution in [0.5, 0.6) is 0 Å². The van der Waals surface area contributed by atoms with E-state index in [-0.39, 0.29) is 12.5 Å². The minimum Gasteiger partial charge on any atom is -0.398 e. The maximum Gasteiger partial charge on any atom is 0.239 e. The molecule has 0 saturated heterocycles. The van der Waals surface area contributed by atoms with Gasteiger partial charge in [-0.1, -0.05) is 6.58 Å². The van der Waals surface area contributed by atoms with Crippen LogP contribution < -0.4 is 22.1 Å². The van der Waals surface area contributed by atoms with Crippen molar-refractivity contribution in [2.24, 2.45) is 16.5 Å². The van der Waals surface area contributed by atoms with E-state index in [4.69, 9.17) is 16.5 Å². The topological polar surface area (TPSA) is 106 Å². The van der Waals surface area contributed by atoms with Gasteiger partial charge in [-0.2, -0.15) is 0 Å². The molecule has 6 N–H and O–H groups in total. The van der Waals surface area contributed by atoms with Crippen molar-refractivity contribution in [3.8, 4) is 0 Å². The Bertz CT molecular complexity index is 833. The largest absolute Gasteiger partial charge is 0.398 e. The maximum atomic E-state index is 11.8. The molecule has 0 heterocycles. The smallest absolute Gasteiger partial charge is 0.239 e. The summed E-state index contributed by atoms with van der Waals surface area (Å²) < 4.78 is 0. The van der Waals surface area contributed by atoms with Crippen molar-refractivity contribution in [3.63, 3.8) is 0 Å². The molecule has 1 aliphatic carbocycles. The van der Waals surface area contributed by atoms with Crippen molar-refractivity contribution >= 4 is 23.0 Å². The molecule has 27 heavy (non-hydrogen) atoms. The molecule has 0 spiro atoms. The predicted octanol–water partition coefficient (Wildman–Crippen LogP) is 2.61. The maximum absolute atomic E-state index is 11.8. The zero-order chi connectivity index (χ0) is 20.0. The predicted molar refractivity (Wildman–Crippen MR) is 113 cm³/mol. The van der Waals surface area contributed by atoms with Gasteiger partial charge in [-0.15, -0.1) is 0 Å². The van der Waals surface area contributed by atoms with E-state index in [2.05, 4.69) is 17.2 Å². The number of aryl methyl sites for hydroxylation is 2. The Hall–Kier alpha value is -2.86. The lowest BCUT2D eigenvalue weighted by Crippen LogP contribution is -2.31. The number of allylic oxidation sites excluding steroid dienone is 4. The number of aliphatic imine (C=N–C) groups is 1. The lowest BCUT2D eigenvalue weighted by molar-refractivity contribution is -0.119. The first kappa shape index (κ1) is 20.5. The van der Waals surface area contributed by atoms with Crippen LogP contribution in [0.3, 0.4) is 0 Å². The number of nitrogens with one attached hydrogen (secondary N) is 2. The molecule has 1 amide bonds. The third kappa shape index (κ3) is 5.56. The SMILES string of the molecule is C=C1C=C(N)C(C)=CC1=Nc1cc(C)c(NCC(=O)NCCCN)cc1C. The molecule has 6 heteroatoms. The molecule has 1 aromatic carbocycles. The monoisotopic (exact) mass is 367 g/mol. The van der Waals surface area contributed by atoms with E-state index in [1.165, 1.54) is 0 Å². The third-order valence-corrected chi connectivity index (χ3v) is 4.39. The van der Waals surface area contributed by atoms with Gasteiger partial charge in [0.25, 0.3) is 0 Å². The van der Waals surface area contributed by atoms with Crippen molar-refractivity contribution in [1.29, 1.82) is 0 Å². The van der Waals surface area contributed by atoms with Crippen LogP contribution in [0.25, 0.3) is 0 Å². The second-order valence-corrected chi connectivity index (χ2v) is 6.75. The molecule has 0 fully saturated rings. The van der Waals surface area contributed by atoms with Crippen LogP contribution in [0.1, 0.15) is 24.5 Å². The fraction of sp³-hybridized carbons (Fsp3) is 0.333. The second-order valence-electron chi connectivity index (χ2n) is 6.75. The van der Waals surface area contributed by atoms with Crippen molar-refractivity contribution in [2.45, 2.75) is 27.2 Å². The van der Waals surface area contributed by atoms with Gasteiger partial charge >= 0.3 is 0 Å². The number of carbonyl (C=O) groups excluding carboxylic acids is 1. The summed E-state index contributed by atoms with van der Waals surface area (Å²) in [5.74, 6) is -0.0479. The molecule has 0 unspecified atom stereocenters. The highest BCUT2D eigenvalue weighted by atomic mass is 16.1. The Balaban J connectivity index is 2.12. The lowest BCUT2D eigenvalue weighted by atomic mass is 9.99. The molecular weight excluding hydrogens is 338 g/mol. The molecule has 0 bridgehead atoms. The summed E-state index contributed by atoms with van der Waals surface area (Å²) in [6, 6.07) is 4.02. The van der Waals surface area contributed by atoms with Crippen LogP contribution in [0, 0.1) is 13.8 Å². The van der Waals surface area contributed by atoms with Crippen LogP contribution in [-0.4, -0.2) is 31.3 Å². The standard InChI is InChI=1S/C21H29N5O/c1-13-9-19(14(2)8-17(13)23)26-20-11-15(3)18(10-16(20)4)25-12-21(27)24-7-5-6-22/h8-11,25H,2,5-7,12,22-23H2,1,3-4H3,(H,24,27). The van der Waals surface area contributed by atoms with Crippen molar-refractivity contribution in [2.75, 3.05) is 25.0 Å². The van der Waals surface area contributed by atoms with Crippen LogP contribution in [0.2, 0.25) is 0 Å². The normalized spacial score (nSPS) is 15.4. The fourth-order valence-corrected chi connectivity index (χ4v) is 2.67. The Morgan fingerprint density at radius 2 is 1.93 bits per heavy atom. The zero-order valence-electron chi connectivity index (χ0n) is 16.4. The Morgan fingerprint density at radius 1 is 1.19 bits per heavy atom. The van der Waals surface area contributed by atoms with Crippen LogP contribution in [0.15, 0.2) is 52.7 Å². The Labute approximate surface area is 161 Å². The van der Waals surface area contributed by atoms with E-state index in [0.717, 1.165) is 51.5 Å². The summed E-state index contributed by atoms with van der Waals surface area (Å²) in [4.78, 5) is 16.6. The summed E-state index contributed by atoms with van der Waals surface area (Å²) in [7, 11) is 0. The number of amides is 1. The number of nitrogens with zero attached hydrogens (tertiary/aromatic N) is 1. The average Bonchev–Trinajstić information content (AvgIpc) is 2.61. The number of anilines is 1. The van der Waals surface area contributed by atoms with E-state index >= 15 is 0 Å². The first-order valence-corrected chi connectivity index (χ1v) is 9.07. The van der Waals surface area contributed by atoms with Gasteiger partial charge in [0.1, 0.15) is 0 Å². The number of hydrogen-bond donors (Lipinski definition) is 4. The Kier molecular flexibility index (Phi) is 6.96. The van der Waals surface area contributed by atoms with E-state index in [1.807, 2.05) is 45.1 Å². The molecule has 0 aromatic heterocycles. The number of nitrogens with two attached hydrogens (primary N) is 2. The number of rotatable bonds is 7. The second kappa shape index (κ2) is 9.19. The van der Waals surface area contributed by atoms with Crippen LogP contribution >= 0.6 is 0 Å². The van der Waals surface area contributed by atoms with Crippen LogP contribution in [-0.2, 0) is 4.79 Å². The van der Waals surface area contributed by atoms with Gasteiger partial charge in [-0.05, 0) is 80.3 Å². The minimum absolute atomic E-state index is 0.0479. The molecule has 0 radical (unpaired) electrons. The van der Waals surface area contributed by atoms with Gasteiger partial charge in [0.2, 0.25) is 5.91 Å². The van der Waals surface area contributed by atoms with Crippen molar-refractivity contribution in [1.82, 2.24) is 5.32 Å². The fourth-order valence-electron chi connectivity index (χ4n) is 2.67. The van der Waals surface area contributed by atoms with Gasteiger partial charge in [0.05, 0.1) is 17.9 Å². The van der Waals surface area contributed by atoms with Gasteiger partial charge in [0, 0.05) is 17.9 Å². The quantitative estimate of drug-likeness (QED) is 0.556. The van der Waals surface area contributed by atoms with Gasteiger partial charge < -0.3 is 22.1 Å². The highest BCUT2D eigenvalue weighted by Gasteiger charge is 2.11. The number of benzene rings is 1. The summed E-state index contributed by atoms with van der Waals surface area (Å²) in [6.07, 6.45) is 4.57. The lowest BCUT2D eigenvalue weighted by Gasteiger charge is -2.15.